The molecule has 0 heterocycles. The number of nitrogens with one attached hydrogen (secondary N) is 1. The van der Waals surface area contributed by atoms with Crippen molar-refractivity contribution in [1.82, 2.24) is 5.32 Å². The molecule has 1 N–H and O–H groups in total. The Bertz CT molecular complexity index is 398. The topological polar surface area (TPSA) is 21.3 Å². The van der Waals surface area contributed by atoms with Gasteiger partial charge in [-0.2, -0.15) is 0 Å². The molecule has 1 unspecified atom stereocenters. The van der Waals surface area contributed by atoms with Crippen LogP contribution >= 0.6 is 0 Å². The predicted molar refractivity (Wildman–Crippen MR) is 67.4 cm³/mol. The molecule has 0 fully saturated rings. The van der Waals surface area contributed by atoms with Gasteiger partial charge in [-0.3, -0.25) is 0 Å². The van der Waals surface area contributed by atoms with Crippen LogP contribution in [-0.2, 0) is 0 Å². The SMILES string of the molecule is C#CCOc1ccc(F)cc1C(C)NCCC. The van der Waals surface area contributed by atoms with Crippen molar-refractivity contribution in [3.63, 3.8) is 0 Å². The zero-order valence-electron chi connectivity index (χ0n) is 10.3. The molecule has 1 atom stereocenters. The zero-order chi connectivity index (χ0) is 12.7. The highest BCUT2D eigenvalue weighted by Gasteiger charge is 2.12. The summed E-state index contributed by atoms with van der Waals surface area (Å²) in [6, 6.07) is 4.52. The molecule has 0 amide bonds. The second-order valence-corrected chi connectivity index (χ2v) is 3.85. The average Bonchev–Trinajstić information content (AvgIpc) is 2.34. The monoisotopic (exact) mass is 235 g/mol. The summed E-state index contributed by atoms with van der Waals surface area (Å²) in [5.74, 6) is 2.78. The van der Waals surface area contributed by atoms with Crippen LogP contribution in [0.25, 0.3) is 0 Å². The van der Waals surface area contributed by atoms with Crippen LogP contribution in [0.3, 0.4) is 0 Å². The summed E-state index contributed by atoms with van der Waals surface area (Å²) in [4.78, 5) is 0. The van der Waals surface area contributed by atoms with E-state index >= 15 is 0 Å². The molecule has 0 saturated carbocycles. The van der Waals surface area contributed by atoms with E-state index in [4.69, 9.17) is 11.2 Å². The van der Waals surface area contributed by atoms with Crippen molar-refractivity contribution in [2.24, 2.45) is 0 Å². The number of rotatable bonds is 6. The van der Waals surface area contributed by atoms with Gasteiger partial charge < -0.3 is 10.1 Å². The molecule has 0 saturated heterocycles. The molecule has 2 nitrogen and oxygen atoms in total. The number of halogens is 1. The van der Waals surface area contributed by atoms with E-state index in [0.29, 0.717) is 5.75 Å². The summed E-state index contributed by atoms with van der Waals surface area (Å²) in [6.07, 6.45) is 6.18. The molecular weight excluding hydrogens is 217 g/mol. The van der Waals surface area contributed by atoms with E-state index < -0.39 is 0 Å². The Hall–Kier alpha value is -1.53. The Morgan fingerprint density at radius 1 is 1.53 bits per heavy atom. The largest absolute Gasteiger partial charge is 0.481 e. The summed E-state index contributed by atoms with van der Waals surface area (Å²) < 4.78 is 18.6. The maximum atomic E-state index is 13.2. The van der Waals surface area contributed by atoms with Crippen LogP contribution in [0.1, 0.15) is 31.9 Å². The van der Waals surface area contributed by atoms with E-state index in [2.05, 4.69) is 18.2 Å². The van der Waals surface area contributed by atoms with Crippen molar-refractivity contribution < 1.29 is 9.13 Å². The number of terminal acetylenes is 1. The summed E-state index contributed by atoms with van der Waals surface area (Å²) >= 11 is 0. The molecule has 0 aliphatic heterocycles. The first-order valence-electron chi connectivity index (χ1n) is 5.78. The molecule has 0 aliphatic carbocycles. The van der Waals surface area contributed by atoms with Gasteiger partial charge in [0.2, 0.25) is 0 Å². The molecule has 1 rings (SSSR count). The third kappa shape index (κ3) is 4.08. The normalized spacial score (nSPS) is 11.9. The van der Waals surface area contributed by atoms with Crippen LogP contribution in [0, 0.1) is 18.2 Å². The van der Waals surface area contributed by atoms with Crippen molar-refractivity contribution >= 4 is 0 Å². The third-order valence-electron chi connectivity index (χ3n) is 2.45. The second kappa shape index (κ2) is 6.93. The zero-order valence-corrected chi connectivity index (χ0v) is 10.3. The molecule has 3 heteroatoms. The summed E-state index contributed by atoms with van der Waals surface area (Å²) in [7, 11) is 0. The van der Waals surface area contributed by atoms with Gasteiger partial charge in [0.25, 0.3) is 0 Å². The van der Waals surface area contributed by atoms with E-state index in [0.717, 1.165) is 18.5 Å². The van der Waals surface area contributed by atoms with E-state index in [9.17, 15) is 4.39 Å². The van der Waals surface area contributed by atoms with E-state index in [1.165, 1.54) is 12.1 Å². The predicted octanol–water partition coefficient (Wildman–Crippen LogP) is 2.90. The van der Waals surface area contributed by atoms with Gasteiger partial charge in [0.15, 0.2) is 0 Å². The highest BCUT2D eigenvalue weighted by molar-refractivity contribution is 5.36. The Morgan fingerprint density at radius 2 is 2.29 bits per heavy atom. The second-order valence-electron chi connectivity index (χ2n) is 3.85. The van der Waals surface area contributed by atoms with Crippen LogP contribution in [0.5, 0.6) is 5.75 Å². The smallest absolute Gasteiger partial charge is 0.148 e. The minimum Gasteiger partial charge on any atom is -0.481 e. The maximum Gasteiger partial charge on any atom is 0.148 e. The molecule has 0 aromatic heterocycles. The van der Waals surface area contributed by atoms with Gasteiger partial charge >= 0.3 is 0 Å². The van der Waals surface area contributed by atoms with Crippen LogP contribution in [0.4, 0.5) is 4.39 Å². The minimum absolute atomic E-state index is 0.0402. The summed E-state index contributed by atoms with van der Waals surface area (Å²) in [6.45, 7) is 5.14. The standard InChI is InChI=1S/C14H18FNO/c1-4-8-16-11(3)13-10-12(15)6-7-14(13)17-9-5-2/h2,6-7,10-11,16H,4,8-9H2,1,3H3. The number of hydrogen-bond acceptors (Lipinski definition) is 2. The van der Waals surface area contributed by atoms with Gasteiger partial charge in [0, 0.05) is 11.6 Å². The third-order valence-corrected chi connectivity index (χ3v) is 2.45. The van der Waals surface area contributed by atoms with Crippen molar-refractivity contribution in [3.05, 3.63) is 29.6 Å². The average molecular weight is 235 g/mol. The number of benzene rings is 1. The highest BCUT2D eigenvalue weighted by Crippen LogP contribution is 2.26. The number of ether oxygens (including phenoxy) is 1. The van der Waals surface area contributed by atoms with Crippen LogP contribution < -0.4 is 10.1 Å². The van der Waals surface area contributed by atoms with Crippen molar-refractivity contribution in [2.45, 2.75) is 26.3 Å². The van der Waals surface area contributed by atoms with Crippen LogP contribution in [0.2, 0.25) is 0 Å². The van der Waals surface area contributed by atoms with E-state index in [-0.39, 0.29) is 18.5 Å². The van der Waals surface area contributed by atoms with Crippen LogP contribution in [-0.4, -0.2) is 13.2 Å². The summed E-state index contributed by atoms with van der Waals surface area (Å²) in [5, 5.41) is 3.29. The van der Waals surface area contributed by atoms with Gasteiger partial charge in [0.05, 0.1) is 0 Å². The van der Waals surface area contributed by atoms with Gasteiger partial charge in [-0.05, 0) is 38.1 Å². The summed E-state index contributed by atoms with van der Waals surface area (Å²) in [5.41, 5.74) is 0.800. The maximum absolute atomic E-state index is 13.2. The van der Waals surface area contributed by atoms with Crippen molar-refractivity contribution in [2.75, 3.05) is 13.2 Å². The lowest BCUT2D eigenvalue weighted by atomic mass is 10.1. The lowest BCUT2D eigenvalue weighted by Gasteiger charge is -2.17. The van der Waals surface area contributed by atoms with Crippen molar-refractivity contribution in [1.29, 1.82) is 0 Å². The first kappa shape index (κ1) is 13.5. The Morgan fingerprint density at radius 3 is 2.94 bits per heavy atom. The fourth-order valence-corrected chi connectivity index (χ4v) is 1.58. The van der Waals surface area contributed by atoms with Gasteiger partial charge in [0.1, 0.15) is 18.2 Å². The van der Waals surface area contributed by atoms with E-state index in [1.54, 1.807) is 6.07 Å². The highest BCUT2D eigenvalue weighted by atomic mass is 19.1. The van der Waals surface area contributed by atoms with Gasteiger partial charge in [-0.25, -0.2) is 4.39 Å². The molecule has 0 radical (unpaired) electrons. The minimum atomic E-state index is -0.266. The molecule has 0 bridgehead atoms. The molecule has 1 aromatic carbocycles. The Kier molecular flexibility index (Phi) is 5.51. The van der Waals surface area contributed by atoms with E-state index in [1.807, 2.05) is 6.92 Å². The van der Waals surface area contributed by atoms with Crippen molar-refractivity contribution in [3.8, 4) is 18.1 Å². The quantitative estimate of drug-likeness (QED) is 0.765. The lowest BCUT2D eigenvalue weighted by Crippen LogP contribution is -2.20. The molecule has 1 aromatic rings. The lowest BCUT2D eigenvalue weighted by molar-refractivity contribution is 0.359. The molecule has 17 heavy (non-hydrogen) atoms. The Balaban J connectivity index is 2.86. The molecule has 0 aliphatic rings. The Labute approximate surface area is 102 Å². The van der Waals surface area contributed by atoms with Crippen LogP contribution in [0.15, 0.2) is 18.2 Å². The van der Waals surface area contributed by atoms with Gasteiger partial charge in [-0.15, -0.1) is 6.42 Å². The molecule has 0 spiro atoms. The fourth-order valence-electron chi connectivity index (χ4n) is 1.58. The first-order chi connectivity index (χ1) is 8.19. The first-order valence-corrected chi connectivity index (χ1v) is 5.78. The van der Waals surface area contributed by atoms with Gasteiger partial charge in [-0.1, -0.05) is 12.8 Å². The molecule has 92 valence electrons. The number of hydrogen-bond donors (Lipinski definition) is 1. The molecular formula is C14H18FNO. The fraction of sp³-hybridized carbons (Fsp3) is 0.429.